The summed E-state index contributed by atoms with van der Waals surface area (Å²) < 4.78 is 11.1. The third kappa shape index (κ3) is 3.41. The molecule has 0 radical (unpaired) electrons. The van der Waals surface area contributed by atoms with Gasteiger partial charge in [-0.05, 0) is 29.8 Å². The highest BCUT2D eigenvalue weighted by Gasteiger charge is 2.18. The van der Waals surface area contributed by atoms with Gasteiger partial charge in [-0.15, -0.1) is 11.3 Å². The van der Waals surface area contributed by atoms with Gasteiger partial charge in [0.25, 0.3) is 5.56 Å². The lowest BCUT2D eigenvalue weighted by Crippen LogP contribution is -2.24. The summed E-state index contributed by atoms with van der Waals surface area (Å²) in [6.07, 6.45) is 3.25. The number of thiophene rings is 1. The molecule has 0 aliphatic carbocycles. The summed E-state index contributed by atoms with van der Waals surface area (Å²) in [6, 6.07) is 17.3. The monoisotopic (exact) mass is 403 g/mol. The lowest BCUT2D eigenvalue weighted by atomic mass is 10.0. The van der Waals surface area contributed by atoms with Crippen LogP contribution in [0.25, 0.3) is 21.5 Å². The molecule has 0 amide bonds. The standard InChI is InChI=1S/C22H17N3O3S/c26-21-19-15(16-8-4-10-27-16)13-29-22(19)25-18(24-21)12-23-20(17-9-5-11-28-17)14-6-2-1-3-7-14/h1-11,13,20,23H,12H2,(H,24,25,26)/t20-/m0/s1. The average Bonchev–Trinajstić information content (AvgIpc) is 3.50. The van der Waals surface area contributed by atoms with E-state index in [9.17, 15) is 4.79 Å². The predicted octanol–water partition coefficient (Wildman–Crippen LogP) is 4.72. The van der Waals surface area contributed by atoms with E-state index in [2.05, 4.69) is 15.3 Å². The minimum Gasteiger partial charge on any atom is -0.467 e. The van der Waals surface area contributed by atoms with Gasteiger partial charge in [0.1, 0.15) is 22.2 Å². The molecule has 4 heterocycles. The van der Waals surface area contributed by atoms with Gasteiger partial charge in [0, 0.05) is 10.9 Å². The number of aromatic nitrogens is 2. The van der Waals surface area contributed by atoms with E-state index in [0.717, 1.165) is 16.9 Å². The zero-order valence-corrected chi connectivity index (χ0v) is 16.1. The molecular weight excluding hydrogens is 386 g/mol. The number of nitrogens with one attached hydrogen (secondary N) is 2. The van der Waals surface area contributed by atoms with Gasteiger partial charge in [-0.3, -0.25) is 10.1 Å². The molecule has 0 saturated carbocycles. The van der Waals surface area contributed by atoms with Gasteiger partial charge in [-0.25, -0.2) is 4.98 Å². The molecule has 6 nitrogen and oxygen atoms in total. The highest BCUT2D eigenvalue weighted by atomic mass is 32.1. The summed E-state index contributed by atoms with van der Waals surface area (Å²) in [6.45, 7) is 0.388. The Morgan fingerprint density at radius 1 is 1.03 bits per heavy atom. The molecule has 1 aromatic carbocycles. The Labute approximate surface area is 169 Å². The summed E-state index contributed by atoms with van der Waals surface area (Å²) in [5, 5.41) is 5.90. The van der Waals surface area contributed by atoms with Crippen LogP contribution in [0.5, 0.6) is 0 Å². The van der Waals surface area contributed by atoms with Gasteiger partial charge >= 0.3 is 0 Å². The Kier molecular flexibility index (Phi) is 4.59. The van der Waals surface area contributed by atoms with Crippen LogP contribution < -0.4 is 10.9 Å². The van der Waals surface area contributed by atoms with Gasteiger partial charge in [0.05, 0.1) is 30.5 Å². The third-order valence-electron chi connectivity index (χ3n) is 4.71. The number of benzene rings is 1. The number of hydrogen-bond donors (Lipinski definition) is 2. The second-order valence-electron chi connectivity index (χ2n) is 6.56. The van der Waals surface area contributed by atoms with Crippen LogP contribution in [0.2, 0.25) is 0 Å². The Hall–Kier alpha value is -3.42. The van der Waals surface area contributed by atoms with E-state index in [1.165, 1.54) is 11.3 Å². The quantitative estimate of drug-likeness (QED) is 0.429. The number of aromatic amines is 1. The van der Waals surface area contributed by atoms with Crippen LogP contribution in [-0.2, 0) is 6.54 Å². The molecule has 0 fully saturated rings. The fourth-order valence-electron chi connectivity index (χ4n) is 3.37. The minimum atomic E-state index is -0.172. The van der Waals surface area contributed by atoms with E-state index in [-0.39, 0.29) is 11.6 Å². The highest BCUT2D eigenvalue weighted by molar-refractivity contribution is 7.17. The van der Waals surface area contributed by atoms with E-state index < -0.39 is 0 Å². The van der Waals surface area contributed by atoms with Gasteiger partial charge in [0.2, 0.25) is 0 Å². The second-order valence-corrected chi connectivity index (χ2v) is 7.42. The highest BCUT2D eigenvalue weighted by Crippen LogP contribution is 2.31. The van der Waals surface area contributed by atoms with Crippen molar-refractivity contribution in [3.8, 4) is 11.3 Å². The number of hydrogen-bond acceptors (Lipinski definition) is 6. The Bertz CT molecular complexity index is 1270. The van der Waals surface area contributed by atoms with Crippen molar-refractivity contribution in [2.45, 2.75) is 12.6 Å². The Balaban J connectivity index is 1.45. The second kappa shape index (κ2) is 7.54. The van der Waals surface area contributed by atoms with Crippen LogP contribution in [-0.4, -0.2) is 9.97 Å². The lowest BCUT2D eigenvalue weighted by Gasteiger charge is -2.16. The topological polar surface area (TPSA) is 84.1 Å². The van der Waals surface area contributed by atoms with Crippen molar-refractivity contribution in [3.05, 3.63) is 100 Å². The van der Waals surface area contributed by atoms with Crippen LogP contribution in [0.1, 0.15) is 23.2 Å². The molecule has 4 aromatic heterocycles. The van der Waals surface area contributed by atoms with E-state index >= 15 is 0 Å². The molecule has 5 rings (SSSR count). The maximum Gasteiger partial charge on any atom is 0.260 e. The minimum absolute atomic E-state index is 0.144. The van der Waals surface area contributed by atoms with Crippen LogP contribution >= 0.6 is 11.3 Å². The molecule has 1 atom stereocenters. The first-order valence-electron chi connectivity index (χ1n) is 9.15. The molecule has 29 heavy (non-hydrogen) atoms. The van der Waals surface area contributed by atoms with Crippen LogP contribution in [0, 0.1) is 0 Å². The van der Waals surface area contributed by atoms with Crippen molar-refractivity contribution >= 4 is 21.6 Å². The fourth-order valence-corrected chi connectivity index (χ4v) is 4.32. The van der Waals surface area contributed by atoms with Crippen LogP contribution in [0.3, 0.4) is 0 Å². The molecule has 5 aromatic rings. The van der Waals surface area contributed by atoms with Gasteiger partial charge in [-0.1, -0.05) is 30.3 Å². The van der Waals surface area contributed by atoms with Gasteiger partial charge in [0.15, 0.2) is 0 Å². The number of nitrogens with zero attached hydrogens (tertiary/aromatic N) is 1. The first-order valence-corrected chi connectivity index (χ1v) is 10.0. The lowest BCUT2D eigenvalue weighted by molar-refractivity contribution is 0.442. The normalized spacial score (nSPS) is 12.4. The fraction of sp³-hybridized carbons (Fsp3) is 0.0909. The number of rotatable bonds is 6. The van der Waals surface area contributed by atoms with E-state index in [1.807, 2.05) is 53.9 Å². The molecule has 144 valence electrons. The van der Waals surface area contributed by atoms with Gasteiger partial charge < -0.3 is 13.8 Å². The van der Waals surface area contributed by atoms with E-state index in [1.54, 1.807) is 18.6 Å². The Morgan fingerprint density at radius 3 is 2.62 bits per heavy atom. The molecule has 0 unspecified atom stereocenters. The molecule has 0 aliphatic rings. The predicted molar refractivity (Wildman–Crippen MR) is 112 cm³/mol. The van der Waals surface area contributed by atoms with E-state index in [4.69, 9.17) is 8.83 Å². The van der Waals surface area contributed by atoms with Crippen molar-refractivity contribution in [1.29, 1.82) is 0 Å². The smallest absolute Gasteiger partial charge is 0.260 e. The molecule has 0 spiro atoms. The van der Waals surface area contributed by atoms with Crippen molar-refractivity contribution in [2.24, 2.45) is 0 Å². The largest absolute Gasteiger partial charge is 0.467 e. The Morgan fingerprint density at radius 2 is 1.86 bits per heavy atom. The SMILES string of the molecule is O=c1[nH]c(CN[C@@H](c2ccccc2)c2ccco2)nc2scc(-c3ccco3)c12. The summed E-state index contributed by atoms with van der Waals surface area (Å²) in [4.78, 5) is 21.0. The summed E-state index contributed by atoms with van der Waals surface area (Å²) in [5.74, 6) is 2.04. The first kappa shape index (κ1) is 17.7. The molecule has 7 heteroatoms. The first-order chi connectivity index (χ1) is 14.3. The number of fused-ring (bicyclic) bond motifs is 1. The number of H-pyrrole nitrogens is 1. The number of furan rings is 2. The summed E-state index contributed by atoms with van der Waals surface area (Å²) in [5.41, 5.74) is 1.66. The zero-order chi connectivity index (χ0) is 19.6. The molecule has 0 bridgehead atoms. The molecular formula is C22H17N3O3S. The van der Waals surface area contributed by atoms with Crippen molar-refractivity contribution in [2.75, 3.05) is 0 Å². The average molecular weight is 403 g/mol. The zero-order valence-electron chi connectivity index (χ0n) is 15.3. The van der Waals surface area contributed by atoms with Gasteiger partial charge in [-0.2, -0.15) is 0 Å². The van der Waals surface area contributed by atoms with Crippen molar-refractivity contribution < 1.29 is 8.83 Å². The summed E-state index contributed by atoms with van der Waals surface area (Å²) >= 11 is 1.43. The van der Waals surface area contributed by atoms with Crippen LogP contribution in [0.15, 0.2) is 86.1 Å². The van der Waals surface area contributed by atoms with E-state index in [0.29, 0.717) is 28.3 Å². The van der Waals surface area contributed by atoms with Crippen LogP contribution in [0.4, 0.5) is 0 Å². The summed E-state index contributed by atoms with van der Waals surface area (Å²) in [7, 11) is 0. The maximum atomic E-state index is 12.7. The van der Waals surface area contributed by atoms with Crippen molar-refractivity contribution in [1.82, 2.24) is 15.3 Å². The molecule has 2 N–H and O–H groups in total. The van der Waals surface area contributed by atoms with Crippen molar-refractivity contribution in [3.63, 3.8) is 0 Å². The molecule has 0 aliphatic heterocycles. The maximum absolute atomic E-state index is 12.7. The third-order valence-corrected chi connectivity index (χ3v) is 5.59. The molecule has 0 saturated heterocycles.